The Bertz CT molecular complexity index is 863. The van der Waals surface area contributed by atoms with Gasteiger partial charge in [-0.15, -0.1) is 0 Å². The fourth-order valence-electron chi connectivity index (χ4n) is 3.31. The zero-order valence-electron chi connectivity index (χ0n) is 15.3. The second-order valence-electron chi connectivity index (χ2n) is 6.81. The first-order valence-corrected chi connectivity index (χ1v) is 8.48. The van der Waals surface area contributed by atoms with E-state index in [1.54, 1.807) is 0 Å². The summed E-state index contributed by atoms with van der Waals surface area (Å²) in [5.41, 5.74) is 6.13. The summed E-state index contributed by atoms with van der Waals surface area (Å²) in [7, 11) is 2.18. The molecule has 0 atom stereocenters. The Morgan fingerprint density at radius 2 is 1.88 bits per heavy atom. The smallest absolute Gasteiger partial charge is 0.105 e. The van der Waals surface area contributed by atoms with Crippen LogP contribution >= 0.6 is 0 Å². The number of hydrogen-bond acceptors (Lipinski definition) is 3. The Kier molecular flexibility index (Phi) is 4.67. The van der Waals surface area contributed by atoms with Crippen LogP contribution in [0.2, 0.25) is 0 Å². The number of pyridine rings is 1. The zero-order chi connectivity index (χ0) is 17.3. The first kappa shape index (κ1) is 16.7. The highest BCUT2D eigenvalue weighted by Crippen LogP contribution is 2.24. The molecule has 0 spiro atoms. The molecule has 0 bridgehead atoms. The van der Waals surface area contributed by atoms with Gasteiger partial charge in [0, 0.05) is 43.1 Å². The maximum Gasteiger partial charge on any atom is 0.105 e. The third kappa shape index (κ3) is 3.49. The number of nitrogens with zero attached hydrogens (tertiary/aromatic N) is 4. The highest BCUT2D eigenvalue weighted by atomic mass is 15.1. The summed E-state index contributed by atoms with van der Waals surface area (Å²) in [6.45, 7) is 11.3. The van der Waals surface area contributed by atoms with Crippen LogP contribution in [-0.4, -0.2) is 33.0 Å². The fourth-order valence-corrected chi connectivity index (χ4v) is 3.31. The Morgan fingerprint density at radius 3 is 2.58 bits per heavy atom. The highest BCUT2D eigenvalue weighted by molar-refractivity contribution is 5.86. The molecule has 126 valence electrons. The molecule has 0 saturated carbocycles. The average Bonchev–Trinajstić information content (AvgIpc) is 2.92. The van der Waals surface area contributed by atoms with E-state index in [-0.39, 0.29) is 0 Å². The summed E-state index contributed by atoms with van der Waals surface area (Å²) >= 11 is 0. The van der Waals surface area contributed by atoms with Crippen molar-refractivity contribution in [3.05, 3.63) is 58.8 Å². The van der Waals surface area contributed by atoms with Crippen LogP contribution in [-0.2, 0) is 13.1 Å². The van der Waals surface area contributed by atoms with Gasteiger partial charge in [-0.3, -0.25) is 4.98 Å². The van der Waals surface area contributed by atoms with Crippen LogP contribution in [0, 0.1) is 27.7 Å². The molecular weight excluding hydrogens is 296 g/mol. The Morgan fingerprint density at radius 1 is 1.08 bits per heavy atom. The summed E-state index contributed by atoms with van der Waals surface area (Å²) in [6.07, 6.45) is 3.91. The van der Waals surface area contributed by atoms with E-state index >= 15 is 0 Å². The topological polar surface area (TPSA) is 34.0 Å². The number of benzene rings is 1. The van der Waals surface area contributed by atoms with E-state index in [0.717, 1.165) is 36.7 Å². The lowest BCUT2D eigenvalue weighted by Crippen LogP contribution is -2.23. The molecule has 0 aliphatic heterocycles. The van der Waals surface area contributed by atoms with Crippen molar-refractivity contribution >= 4 is 10.9 Å². The second kappa shape index (κ2) is 6.73. The molecule has 4 nitrogen and oxygen atoms in total. The largest absolute Gasteiger partial charge is 0.334 e. The SMILES string of the molecule is Cc1cc(C)c2nc(C)cc(CN(C)CCn3ccnc3C)c2c1. The molecule has 24 heavy (non-hydrogen) atoms. The van der Waals surface area contributed by atoms with Gasteiger partial charge in [-0.25, -0.2) is 4.98 Å². The third-order valence-electron chi connectivity index (χ3n) is 4.55. The van der Waals surface area contributed by atoms with Crippen molar-refractivity contribution in [2.75, 3.05) is 13.6 Å². The normalized spacial score (nSPS) is 11.6. The van der Waals surface area contributed by atoms with Crippen molar-refractivity contribution in [1.82, 2.24) is 19.4 Å². The molecule has 0 amide bonds. The van der Waals surface area contributed by atoms with Crippen molar-refractivity contribution < 1.29 is 0 Å². The minimum atomic E-state index is 0.927. The molecule has 0 aliphatic rings. The van der Waals surface area contributed by atoms with Crippen molar-refractivity contribution in [3.63, 3.8) is 0 Å². The molecule has 0 radical (unpaired) electrons. The molecule has 3 rings (SSSR count). The summed E-state index contributed by atoms with van der Waals surface area (Å²) < 4.78 is 2.20. The molecular formula is C20H26N4. The van der Waals surface area contributed by atoms with E-state index in [1.165, 1.54) is 22.1 Å². The van der Waals surface area contributed by atoms with Gasteiger partial charge in [0.2, 0.25) is 0 Å². The van der Waals surface area contributed by atoms with Gasteiger partial charge < -0.3 is 9.47 Å². The zero-order valence-corrected chi connectivity index (χ0v) is 15.3. The quantitative estimate of drug-likeness (QED) is 0.716. The minimum Gasteiger partial charge on any atom is -0.334 e. The summed E-state index contributed by atoms with van der Waals surface area (Å²) in [4.78, 5) is 11.4. The van der Waals surface area contributed by atoms with Crippen molar-refractivity contribution in [2.24, 2.45) is 0 Å². The van der Waals surface area contributed by atoms with Crippen LogP contribution in [0.15, 0.2) is 30.6 Å². The van der Waals surface area contributed by atoms with Crippen LogP contribution in [0.4, 0.5) is 0 Å². The molecule has 2 aromatic heterocycles. The van der Waals surface area contributed by atoms with Crippen molar-refractivity contribution in [3.8, 4) is 0 Å². The van der Waals surface area contributed by atoms with Crippen molar-refractivity contribution in [2.45, 2.75) is 40.8 Å². The maximum atomic E-state index is 4.75. The molecule has 1 aromatic carbocycles. The highest BCUT2D eigenvalue weighted by Gasteiger charge is 2.10. The average molecular weight is 322 g/mol. The van der Waals surface area contributed by atoms with E-state index < -0.39 is 0 Å². The maximum absolute atomic E-state index is 4.75. The summed E-state index contributed by atoms with van der Waals surface area (Å²) in [5.74, 6) is 1.07. The first-order valence-electron chi connectivity index (χ1n) is 8.48. The Hall–Kier alpha value is -2.20. The van der Waals surface area contributed by atoms with Crippen LogP contribution in [0.1, 0.15) is 28.2 Å². The molecule has 0 N–H and O–H groups in total. The molecule has 3 aromatic rings. The molecule has 0 saturated heterocycles. The predicted octanol–water partition coefficient (Wildman–Crippen LogP) is 3.80. The monoisotopic (exact) mass is 322 g/mol. The van der Waals surface area contributed by atoms with Crippen LogP contribution < -0.4 is 0 Å². The number of hydrogen-bond donors (Lipinski definition) is 0. The number of fused-ring (bicyclic) bond motifs is 1. The molecule has 2 heterocycles. The molecule has 0 fully saturated rings. The molecule has 0 aliphatic carbocycles. The summed E-state index contributed by atoms with van der Waals surface area (Å²) in [5, 5.41) is 1.28. The van der Waals surface area contributed by atoms with Crippen LogP contribution in [0.25, 0.3) is 10.9 Å². The molecule has 4 heteroatoms. The van der Waals surface area contributed by atoms with Crippen LogP contribution in [0.3, 0.4) is 0 Å². The Balaban J connectivity index is 1.82. The lowest BCUT2D eigenvalue weighted by Gasteiger charge is -2.19. The standard InChI is InChI=1S/C20H26N4/c1-14-10-15(2)20-19(11-14)18(12-16(3)22-20)13-23(5)8-9-24-7-6-21-17(24)4/h6-7,10-12H,8-9,13H2,1-5H3. The number of aryl methyl sites for hydroxylation is 4. The first-order chi connectivity index (χ1) is 11.4. The Labute approximate surface area is 144 Å². The van der Waals surface area contributed by atoms with Gasteiger partial charge >= 0.3 is 0 Å². The van der Waals surface area contributed by atoms with E-state index in [9.17, 15) is 0 Å². The van der Waals surface area contributed by atoms with Crippen LogP contribution in [0.5, 0.6) is 0 Å². The van der Waals surface area contributed by atoms with Crippen molar-refractivity contribution in [1.29, 1.82) is 0 Å². The van der Waals surface area contributed by atoms with Gasteiger partial charge in [0.15, 0.2) is 0 Å². The predicted molar refractivity (Wildman–Crippen MR) is 99.3 cm³/mol. The number of likely N-dealkylation sites (N-methyl/N-ethyl adjacent to an activating group) is 1. The van der Waals surface area contributed by atoms with E-state index in [0.29, 0.717) is 0 Å². The number of imidazole rings is 1. The van der Waals surface area contributed by atoms with Gasteiger partial charge in [-0.2, -0.15) is 0 Å². The van der Waals surface area contributed by atoms with Gasteiger partial charge in [-0.1, -0.05) is 11.6 Å². The van der Waals surface area contributed by atoms with Gasteiger partial charge in [-0.05, 0) is 58.0 Å². The second-order valence-corrected chi connectivity index (χ2v) is 6.81. The minimum absolute atomic E-state index is 0.927. The number of aromatic nitrogens is 3. The van der Waals surface area contributed by atoms with Gasteiger partial charge in [0.25, 0.3) is 0 Å². The number of rotatable bonds is 5. The van der Waals surface area contributed by atoms with Gasteiger partial charge in [0.05, 0.1) is 5.52 Å². The third-order valence-corrected chi connectivity index (χ3v) is 4.55. The summed E-state index contributed by atoms with van der Waals surface area (Å²) in [6, 6.07) is 6.70. The van der Waals surface area contributed by atoms with E-state index in [2.05, 4.69) is 60.5 Å². The van der Waals surface area contributed by atoms with E-state index in [4.69, 9.17) is 4.98 Å². The lowest BCUT2D eigenvalue weighted by atomic mass is 10.0. The fraction of sp³-hybridized carbons (Fsp3) is 0.400. The lowest BCUT2D eigenvalue weighted by molar-refractivity contribution is 0.311. The van der Waals surface area contributed by atoms with Gasteiger partial charge in [0.1, 0.15) is 5.82 Å². The van der Waals surface area contributed by atoms with E-state index in [1.807, 2.05) is 19.3 Å². The molecule has 0 unspecified atom stereocenters.